The van der Waals surface area contributed by atoms with Crippen molar-refractivity contribution in [2.75, 3.05) is 19.6 Å². The van der Waals surface area contributed by atoms with Crippen LogP contribution < -0.4 is 10.6 Å². The van der Waals surface area contributed by atoms with Gasteiger partial charge in [0.05, 0.1) is 0 Å². The summed E-state index contributed by atoms with van der Waals surface area (Å²) in [5.41, 5.74) is 0. The van der Waals surface area contributed by atoms with Crippen molar-refractivity contribution in [1.29, 1.82) is 0 Å². The van der Waals surface area contributed by atoms with Crippen LogP contribution in [0.4, 0.5) is 0 Å². The third-order valence-electron chi connectivity index (χ3n) is 2.67. The minimum Gasteiger partial charge on any atom is -0.356 e. The Morgan fingerprint density at radius 2 is 2.17 bits per heavy atom. The first-order valence-electron chi connectivity index (χ1n) is 4.84. The Morgan fingerprint density at radius 3 is 2.67 bits per heavy atom. The van der Waals surface area contributed by atoms with Gasteiger partial charge in [0.1, 0.15) is 0 Å². The second kappa shape index (κ2) is 3.44. The van der Waals surface area contributed by atoms with Crippen molar-refractivity contribution >= 4 is 5.91 Å². The first kappa shape index (κ1) is 8.05. The van der Waals surface area contributed by atoms with E-state index in [1.54, 1.807) is 0 Å². The van der Waals surface area contributed by atoms with Gasteiger partial charge in [0.15, 0.2) is 0 Å². The number of rotatable bonds is 4. The summed E-state index contributed by atoms with van der Waals surface area (Å²) in [6, 6.07) is 0. The molecule has 0 atom stereocenters. The number of nitrogens with one attached hydrogen (secondary N) is 2. The van der Waals surface area contributed by atoms with Gasteiger partial charge in [-0.3, -0.25) is 4.79 Å². The maximum Gasteiger partial charge on any atom is 0.223 e. The Morgan fingerprint density at radius 1 is 1.42 bits per heavy atom. The molecule has 1 amide bonds. The lowest BCUT2D eigenvalue weighted by Crippen LogP contribution is -2.43. The fourth-order valence-electron chi connectivity index (χ4n) is 1.44. The Labute approximate surface area is 72.9 Å². The number of carbonyl (C=O) groups excluding carboxylic acids is 1. The molecule has 1 saturated carbocycles. The number of amides is 1. The van der Waals surface area contributed by atoms with E-state index in [1.165, 1.54) is 0 Å². The van der Waals surface area contributed by atoms with Crippen LogP contribution in [0.1, 0.15) is 19.3 Å². The minimum absolute atomic E-state index is 0.280. The molecular formula is C9H16N2O. The molecule has 0 aromatic heterocycles. The number of hydrogen-bond acceptors (Lipinski definition) is 2. The first-order valence-corrected chi connectivity index (χ1v) is 4.84. The van der Waals surface area contributed by atoms with Crippen molar-refractivity contribution in [3.63, 3.8) is 0 Å². The van der Waals surface area contributed by atoms with Crippen molar-refractivity contribution < 1.29 is 4.79 Å². The Bertz CT molecular complexity index is 173. The molecule has 2 rings (SSSR count). The third kappa shape index (κ3) is 1.97. The molecule has 2 N–H and O–H groups in total. The lowest BCUT2D eigenvalue weighted by molar-refractivity contribution is -0.122. The maximum atomic E-state index is 11.2. The molecule has 3 heteroatoms. The lowest BCUT2D eigenvalue weighted by Gasteiger charge is -2.26. The molecule has 0 radical (unpaired) electrons. The van der Waals surface area contributed by atoms with Crippen molar-refractivity contribution in [2.24, 2.45) is 11.8 Å². The van der Waals surface area contributed by atoms with Gasteiger partial charge < -0.3 is 10.6 Å². The molecule has 0 bridgehead atoms. The molecule has 68 valence electrons. The molecule has 1 heterocycles. The maximum absolute atomic E-state index is 11.2. The zero-order valence-corrected chi connectivity index (χ0v) is 7.31. The van der Waals surface area contributed by atoms with Crippen molar-refractivity contribution in [3.8, 4) is 0 Å². The molecule has 1 saturated heterocycles. The van der Waals surface area contributed by atoms with Crippen LogP contribution in [0.15, 0.2) is 0 Å². The summed E-state index contributed by atoms with van der Waals surface area (Å²) in [4.78, 5) is 11.2. The predicted octanol–water partition coefficient (Wildman–Crippen LogP) is 0.122. The minimum atomic E-state index is 0.280. The van der Waals surface area contributed by atoms with Crippen LogP contribution in [-0.2, 0) is 4.79 Å². The predicted molar refractivity (Wildman–Crippen MR) is 46.7 cm³/mol. The summed E-state index contributed by atoms with van der Waals surface area (Å²) in [5.74, 6) is 1.45. The van der Waals surface area contributed by atoms with E-state index in [9.17, 15) is 4.79 Å². The molecule has 2 fully saturated rings. The fourth-order valence-corrected chi connectivity index (χ4v) is 1.44. The Hall–Kier alpha value is -0.570. The van der Waals surface area contributed by atoms with E-state index in [1.807, 2.05) is 0 Å². The average Bonchev–Trinajstić information content (AvgIpc) is 2.75. The first-order chi connectivity index (χ1) is 5.86. The molecular weight excluding hydrogens is 152 g/mol. The quantitative estimate of drug-likeness (QED) is 0.626. The highest BCUT2D eigenvalue weighted by atomic mass is 16.2. The van der Waals surface area contributed by atoms with E-state index in [2.05, 4.69) is 10.6 Å². The second-order valence-corrected chi connectivity index (χ2v) is 3.88. The van der Waals surface area contributed by atoms with Gasteiger partial charge in [-0.15, -0.1) is 0 Å². The summed E-state index contributed by atoms with van der Waals surface area (Å²) in [6.07, 6.45) is 3.36. The van der Waals surface area contributed by atoms with Crippen molar-refractivity contribution in [1.82, 2.24) is 10.6 Å². The van der Waals surface area contributed by atoms with E-state index in [-0.39, 0.29) is 5.91 Å². The summed E-state index contributed by atoms with van der Waals surface area (Å²) in [6.45, 7) is 3.15. The second-order valence-electron chi connectivity index (χ2n) is 3.88. The van der Waals surface area contributed by atoms with Crippen molar-refractivity contribution in [2.45, 2.75) is 19.3 Å². The summed E-state index contributed by atoms with van der Waals surface area (Å²) in [5, 5.41) is 6.20. The van der Waals surface area contributed by atoms with E-state index in [4.69, 9.17) is 0 Å². The monoisotopic (exact) mass is 168 g/mol. The number of carbonyl (C=O) groups is 1. The third-order valence-corrected chi connectivity index (χ3v) is 2.67. The molecule has 0 aromatic carbocycles. The zero-order chi connectivity index (χ0) is 8.39. The van der Waals surface area contributed by atoms with Gasteiger partial charge in [-0.1, -0.05) is 0 Å². The fraction of sp³-hybridized carbons (Fsp3) is 0.889. The molecule has 3 nitrogen and oxygen atoms in total. The van der Waals surface area contributed by atoms with Gasteiger partial charge in [-0.25, -0.2) is 0 Å². The smallest absolute Gasteiger partial charge is 0.223 e. The van der Waals surface area contributed by atoms with E-state index in [0.29, 0.717) is 5.92 Å². The Balaban J connectivity index is 1.52. The van der Waals surface area contributed by atoms with Crippen LogP contribution in [0.25, 0.3) is 0 Å². The van der Waals surface area contributed by atoms with Gasteiger partial charge in [0.25, 0.3) is 0 Å². The molecule has 2 aliphatic rings. The van der Waals surface area contributed by atoms with Gasteiger partial charge in [0.2, 0.25) is 5.91 Å². The van der Waals surface area contributed by atoms with Crippen LogP contribution in [0.5, 0.6) is 0 Å². The molecule has 1 aliphatic heterocycles. The van der Waals surface area contributed by atoms with Gasteiger partial charge in [-0.2, -0.15) is 0 Å². The van der Waals surface area contributed by atoms with Crippen molar-refractivity contribution in [3.05, 3.63) is 0 Å². The normalized spacial score (nSPS) is 23.3. The molecule has 0 unspecified atom stereocenters. The molecule has 1 aliphatic carbocycles. The van der Waals surface area contributed by atoms with Gasteiger partial charge in [0, 0.05) is 12.5 Å². The molecule has 12 heavy (non-hydrogen) atoms. The zero-order valence-electron chi connectivity index (χ0n) is 7.31. The van der Waals surface area contributed by atoms with Crippen LogP contribution in [0, 0.1) is 11.8 Å². The molecule has 0 spiro atoms. The number of hydrogen-bond donors (Lipinski definition) is 2. The lowest BCUT2D eigenvalue weighted by atomic mass is 10.00. The topological polar surface area (TPSA) is 41.1 Å². The highest BCUT2D eigenvalue weighted by Gasteiger charge is 2.29. The standard InChI is InChI=1S/C9H16N2O/c12-9(8-1-2-8)11-4-3-7-5-10-6-7/h7-8,10H,1-6H2,(H,11,12). The van der Waals surface area contributed by atoms with Crippen LogP contribution in [0.2, 0.25) is 0 Å². The van der Waals surface area contributed by atoms with Crippen LogP contribution >= 0.6 is 0 Å². The summed E-state index contributed by atoms with van der Waals surface area (Å²) in [7, 11) is 0. The van der Waals surface area contributed by atoms with E-state index >= 15 is 0 Å². The summed E-state index contributed by atoms with van der Waals surface area (Å²) >= 11 is 0. The van der Waals surface area contributed by atoms with Crippen LogP contribution in [-0.4, -0.2) is 25.5 Å². The van der Waals surface area contributed by atoms with Gasteiger partial charge >= 0.3 is 0 Å². The Kier molecular flexibility index (Phi) is 2.30. The van der Waals surface area contributed by atoms with Crippen LogP contribution in [0.3, 0.4) is 0 Å². The van der Waals surface area contributed by atoms with Gasteiger partial charge in [-0.05, 0) is 38.3 Å². The summed E-state index contributed by atoms with van der Waals surface area (Å²) < 4.78 is 0. The highest BCUT2D eigenvalue weighted by Crippen LogP contribution is 2.28. The SMILES string of the molecule is O=C(NCCC1CNC1)C1CC1. The average molecular weight is 168 g/mol. The van der Waals surface area contributed by atoms with E-state index in [0.717, 1.165) is 44.8 Å². The highest BCUT2D eigenvalue weighted by molar-refractivity contribution is 5.80. The van der Waals surface area contributed by atoms with E-state index < -0.39 is 0 Å². The largest absolute Gasteiger partial charge is 0.356 e. The molecule has 0 aromatic rings.